The van der Waals surface area contributed by atoms with Crippen molar-refractivity contribution < 1.29 is 0 Å². The Kier molecular flexibility index (Phi) is 4.91. The number of hydrogen-bond acceptors (Lipinski definition) is 4. The van der Waals surface area contributed by atoms with E-state index < -0.39 is 0 Å². The molecule has 104 valence electrons. The molecular formula is C16H20N4. The lowest BCUT2D eigenvalue weighted by molar-refractivity contribution is 0.612. The third-order valence-electron chi connectivity index (χ3n) is 3.38. The van der Waals surface area contributed by atoms with Gasteiger partial charge in [0.05, 0.1) is 17.1 Å². The summed E-state index contributed by atoms with van der Waals surface area (Å²) in [6.45, 7) is 2.73. The summed E-state index contributed by atoms with van der Waals surface area (Å²) in [6.07, 6.45) is 3.30. The average Bonchev–Trinajstić information content (AvgIpc) is 2.50. The maximum absolute atomic E-state index is 9.26. The topological polar surface area (TPSA) is 74.7 Å². The molecule has 0 saturated carbocycles. The molecule has 0 bridgehead atoms. The van der Waals surface area contributed by atoms with Crippen LogP contribution >= 0.6 is 0 Å². The standard InChI is InChI=1S/C16H20N4/c1-2-3-6-13(11-18)19-16-9-12(10-17)14-7-4-5-8-15(14)20-16/h4-5,7-9,13H,2-3,6,11,18H2,1H3,(H,19,20). The second kappa shape index (κ2) is 6.88. The highest BCUT2D eigenvalue weighted by Crippen LogP contribution is 2.20. The van der Waals surface area contributed by atoms with Gasteiger partial charge in [0.2, 0.25) is 0 Å². The fourth-order valence-corrected chi connectivity index (χ4v) is 2.25. The molecule has 1 aromatic carbocycles. The van der Waals surface area contributed by atoms with Gasteiger partial charge in [0, 0.05) is 18.0 Å². The molecule has 0 saturated heterocycles. The number of unbranched alkanes of at least 4 members (excludes halogenated alkanes) is 1. The van der Waals surface area contributed by atoms with Crippen molar-refractivity contribution in [3.8, 4) is 6.07 Å². The maximum atomic E-state index is 9.26. The molecule has 0 aliphatic rings. The largest absolute Gasteiger partial charge is 0.366 e. The first-order valence-corrected chi connectivity index (χ1v) is 7.05. The van der Waals surface area contributed by atoms with E-state index in [1.807, 2.05) is 24.3 Å². The number of nitrogens with two attached hydrogens (primary N) is 1. The summed E-state index contributed by atoms with van der Waals surface area (Å²) in [4.78, 5) is 4.56. The molecular weight excluding hydrogens is 248 g/mol. The van der Waals surface area contributed by atoms with Crippen molar-refractivity contribution in [1.82, 2.24) is 4.98 Å². The van der Waals surface area contributed by atoms with Crippen LogP contribution in [-0.4, -0.2) is 17.6 Å². The summed E-state index contributed by atoms with van der Waals surface area (Å²) in [5.74, 6) is 0.729. The first kappa shape index (κ1) is 14.3. The Hall–Kier alpha value is -2.12. The molecule has 2 rings (SSSR count). The Bertz CT molecular complexity index is 615. The van der Waals surface area contributed by atoms with E-state index in [-0.39, 0.29) is 6.04 Å². The number of para-hydroxylation sites is 1. The lowest BCUT2D eigenvalue weighted by Gasteiger charge is -2.17. The third-order valence-corrected chi connectivity index (χ3v) is 3.38. The van der Waals surface area contributed by atoms with E-state index in [1.165, 1.54) is 0 Å². The minimum Gasteiger partial charge on any atom is -0.366 e. The zero-order chi connectivity index (χ0) is 14.4. The number of anilines is 1. The van der Waals surface area contributed by atoms with Crippen LogP contribution in [0.2, 0.25) is 0 Å². The van der Waals surface area contributed by atoms with E-state index in [0.29, 0.717) is 12.1 Å². The van der Waals surface area contributed by atoms with E-state index >= 15 is 0 Å². The molecule has 4 nitrogen and oxygen atoms in total. The molecule has 3 N–H and O–H groups in total. The molecule has 0 aliphatic heterocycles. The molecule has 1 unspecified atom stereocenters. The average molecular weight is 268 g/mol. The fraction of sp³-hybridized carbons (Fsp3) is 0.375. The Morgan fingerprint density at radius 3 is 2.90 bits per heavy atom. The van der Waals surface area contributed by atoms with Gasteiger partial charge in [0.1, 0.15) is 5.82 Å². The van der Waals surface area contributed by atoms with Gasteiger partial charge < -0.3 is 11.1 Å². The molecule has 0 aliphatic carbocycles. The van der Waals surface area contributed by atoms with Crippen molar-refractivity contribution in [2.45, 2.75) is 32.2 Å². The summed E-state index contributed by atoms with van der Waals surface area (Å²) < 4.78 is 0. The highest BCUT2D eigenvalue weighted by atomic mass is 15.0. The Labute approximate surface area is 119 Å². The molecule has 1 atom stereocenters. The van der Waals surface area contributed by atoms with E-state index in [1.54, 1.807) is 6.07 Å². The van der Waals surface area contributed by atoms with E-state index in [0.717, 1.165) is 36.0 Å². The maximum Gasteiger partial charge on any atom is 0.128 e. The number of nitrogens with zero attached hydrogens (tertiary/aromatic N) is 2. The van der Waals surface area contributed by atoms with Crippen molar-refractivity contribution in [3.63, 3.8) is 0 Å². The molecule has 0 radical (unpaired) electrons. The summed E-state index contributed by atoms with van der Waals surface area (Å²) in [7, 11) is 0. The number of fused-ring (bicyclic) bond motifs is 1. The Morgan fingerprint density at radius 2 is 2.20 bits per heavy atom. The highest BCUT2D eigenvalue weighted by Gasteiger charge is 2.09. The van der Waals surface area contributed by atoms with E-state index in [4.69, 9.17) is 5.73 Å². The quantitative estimate of drug-likeness (QED) is 0.844. The first-order chi connectivity index (χ1) is 9.78. The molecule has 0 fully saturated rings. The predicted molar refractivity (Wildman–Crippen MR) is 82.4 cm³/mol. The minimum absolute atomic E-state index is 0.204. The predicted octanol–water partition coefficient (Wildman–Crippen LogP) is 3.04. The second-order valence-corrected chi connectivity index (χ2v) is 4.90. The highest BCUT2D eigenvalue weighted by molar-refractivity contribution is 5.86. The van der Waals surface area contributed by atoms with Gasteiger partial charge in [-0.25, -0.2) is 4.98 Å². The summed E-state index contributed by atoms with van der Waals surface area (Å²) in [5, 5.41) is 13.5. The van der Waals surface area contributed by atoms with E-state index in [2.05, 4.69) is 23.3 Å². The number of rotatable bonds is 6. The van der Waals surface area contributed by atoms with Crippen molar-refractivity contribution in [2.24, 2.45) is 5.73 Å². The van der Waals surface area contributed by atoms with Crippen LogP contribution in [0.5, 0.6) is 0 Å². The fourth-order valence-electron chi connectivity index (χ4n) is 2.25. The first-order valence-electron chi connectivity index (χ1n) is 7.05. The smallest absolute Gasteiger partial charge is 0.128 e. The summed E-state index contributed by atoms with van der Waals surface area (Å²) >= 11 is 0. The van der Waals surface area contributed by atoms with Crippen LogP contribution in [0.15, 0.2) is 30.3 Å². The molecule has 1 heterocycles. The van der Waals surface area contributed by atoms with Crippen LogP contribution in [0.4, 0.5) is 5.82 Å². The van der Waals surface area contributed by atoms with E-state index in [9.17, 15) is 5.26 Å². The second-order valence-electron chi connectivity index (χ2n) is 4.90. The van der Waals surface area contributed by atoms with Crippen LogP contribution in [0, 0.1) is 11.3 Å². The van der Waals surface area contributed by atoms with Crippen molar-refractivity contribution in [1.29, 1.82) is 5.26 Å². The number of benzene rings is 1. The number of aromatic nitrogens is 1. The van der Waals surface area contributed by atoms with Crippen molar-refractivity contribution >= 4 is 16.7 Å². The number of pyridine rings is 1. The van der Waals surface area contributed by atoms with Crippen LogP contribution in [0.1, 0.15) is 31.7 Å². The van der Waals surface area contributed by atoms with Crippen LogP contribution in [0.3, 0.4) is 0 Å². The monoisotopic (exact) mass is 268 g/mol. The summed E-state index contributed by atoms with van der Waals surface area (Å²) in [6, 6.07) is 11.9. The van der Waals surface area contributed by atoms with Gasteiger partial charge in [-0.3, -0.25) is 0 Å². The van der Waals surface area contributed by atoms with Gasteiger partial charge in [-0.2, -0.15) is 5.26 Å². The minimum atomic E-state index is 0.204. The number of nitrogens with one attached hydrogen (secondary N) is 1. The van der Waals surface area contributed by atoms with Gasteiger partial charge in [0.25, 0.3) is 0 Å². The van der Waals surface area contributed by atoms with Crippen LogP contribution < -0.4 is 11.1 Å². The van der Waals surface area contributed by atoms with Crippen molar-refractivity contribution in [2.75, 3.05) is 11.9 Å². The van der Waals surface area contributed by atoms with Gasteiger partial charge in [-0.05, 0) is 18.6 Å². The number of nitriles is 1. The lowest BCUT2D eigenvalue weighted by atomic mass is 10.1. The molecule has 1 aromatic heterocycles. The summed E-state index contributed by atoms with van der Waals surface area (Å²) in [5.41, 5.74) is 7.27. The number of hydrogen-bond donors (Lipinski definition) is 2. The molecule has 4 heteroatoms. The lowest BCUT2D eigenvalue weighted by Crippen LogP contribution is -2.29. The van der Waals surface area contributed by atoms with Gasteiger partial charge in [0.15, 0.2) is 0 Å². The van der Waals surface area contributed by atoms with Gasteiger partial charge in [-0.1, -0.05) is 38.0 Å². The zero-order valence-corrected chi connectivity index (χ0v) is 11.8. The third kappa shape index (κ3) is 3.25. The van der Waals surface area contributed by atoms with Crippen LogP contribution in [0.25, 0.3) is 10.9 Å². The Morgan fingerprint density at radius 1 is 1.40 bits per heavy atom. The van der Waals surface area contributed by atoms with Crippen LogP contribution in [-0.2, 0) is 0 Å². The zero-order valence-electron chi connectivity index (χ0n) is 11.8. The Balaban J connectivity index is 2.28. The van der Waals surface area contributed by atoms with Crippen molar-refractivity contribution in [3.05, 3.63) is 35.9 Å². The molecule has 0 spiro atoms. The van der Waals surface area contributed by atoms with Gasteiger partial charge >= 0.3 is 0 Å². The molecule has 0 amide bonds. The SMILES string of the molecule is CCCCC(CN)Nc1cc(C#N)c2ccccc2n1. The normalized spacial score (nSPS) is 12.1. The molecule has 20 heavy (non-hydrogen) atoms. The van der Waals surface area contributed by atoms with Gasteiger partial charge in [-0.15, -0.1) is 0 Å². The molecule has 2 aromatic rings.